The van der Waals surface area contributed by atoms with Crippen molar-refractivity contribution in [2.45, 2.75) is 6.42 Å². The lowest BCUT2D eigenvalue weighted by molar-refractivity contribution is 0.416. The van der Waals surface area contributed by atoms with E-state index in [9.17, 15) is 14.9 Å². The predicted octanol–water partition coefficient (Wildman–Crippen LogP) is 4.87. The highest BCUT2D eigenvalue weighted by molar-refractivity contribution is 5.80. The average Bonchev–Trinajstić information content (AvgIpc) is 2.69. The number of hydrogen-bond acceptors (Lipinski definition) is 4. The summed E-state index contributed by atoms with van der Waals surface area (Å²) in [5, 5.41) is 20.8. The van der Waals surface area contributed by atoms with Gasteiger partial charge in [-0.25, -0.2) is 4.39 Å². The monoisotopic (exact) mass is 347 g/mol. The van der Waals surface area contributed by atoms with Crippen molar-refractivity contribution < 1.29 is 9.13 Å². The zero-order valence-corrected chi connectivity index (χ0v) is 14.1. The summed E-state index contributed by atoms with van der Waals surface area (Å²) in [4.78, 5) is 0. The first-order chi connectivity index (χ1) is 12.7. The Morgan fingerprint density at radius 2 is 1.88 bits per heavy atom. The highest BCUT2D eigenvalue weighted by atomic mass is 19.1. The zero-order valence-electron chi connectivity index (χ0n) is 14.1. The minimum Gasteiger partial charge on any atom is -0.761 e. The Morgan fingerprint density at radius 1 is 1.12 bits per heavy atom. The van der Waals surface area contributed by atoms with E-state index < -0.39 is 0 Å². The van der Waals surface area contributed by atoms with E-state index in [1.165, 1.54) is 19.2 Å². The molecule has 0 aromatic heterocycles. The SMILES string of the molecule is COc1ccc(Cc2ccc(F)cc2)c(C#N)c1-c1cccc(N[O-])c1. The summed E-state index contributed by atoms with van der Waals surface area (Å²) in [6, 6.07) is 19.0. The van der Waals surface area contributed by atoms with Crippen LogP contribution in [0, 0.1) is 22.4 Å². The van der Waals surface area contributed by atoms with Crippen LogP contribution in [-0.4, -0.2) is 7.11 Å². The number of nitrogens with one attached hydrogen (secondary N) is 1. The van der Waals surface area contributed by atoms with Crippen LogP contribution in [0.4, 0.5) is 10.1 Å². The lowest BCUT2D eigenvalue weighted by atomic mass is 9.91. The Morgan fingerprint density at radius 3 is 2.54 bits per heavy atom. The van der Waals surface area contributed by atoms with E-state index in [4.69, 9.17) is 4.74 Å². The van der Waals surface area contributed by atoms with Crippen LogP contribution in [0.5, 0.6) is 5.75 Å². The fourth-order valence-corrected chi connectivity index (χ4v) is 2.92. The van der Waals surface area contributed by atoms with Crippen molar-refractivity contribution in [2.24, 2.45) is 0 Å². The van der Waals surface area contributed by atoms with E-state index in [1.54, 1.807) is 36.4 Å². The summed E-state index contributed by atoms with van der Waals surface area (Å²) in [6.45, 7) is 0. The van der Waals surface area contributed by atoms with E-state index in [-0.39, 0.29) is 5.82 Å². The first-order valence-corrected chi connectivity index (χ1v) is 7.99. The van der Waals surface area contributed by atoms with Gasteiger partial charge in [-0.15, -0.1) is 0 Å². The first-order valence-electron chi connectivity index (χ1n) is 7.99. The van der Waals surface area contributed by atoms with E-state index in [0.29, 0.717) is 34.5 Å². The number of methoxy groups -OCH3 is 1. The molecule has 4 nitrogen and oxygen atoms in total. The largest absolute Gasteiger partial charge is 0.761 e. The molecule has 0 saturated carbocycles. The number of anilines is 1. The third-order valence-electron chi connectivity index (χ3n) is 4.16. The average molecular weight is 347 g/mol. The number of benzene rings is 3. The van der Waals surface area contributed by atoms with Crippen molar-refractivity contribution in [3.63, 3.8) is 0 Å². The quantitative estimate of drug-likeness (QED) is 0.668. The van der Waals surface area contributed by atoms with Gasteiger partial charge in [-0.1, -0.05) is 30.3 Å². The lowest BCUT2D eigenvalue weighted by Gasteiger charge is -2.16. The van der Waals surface area contributed by atoms with Gasteiger partial charge in [0.15, 0.2) is 0 Å². The van der Waals surface area contributed by atoms with Crippen LogP contribution in [0.15, 0.2) is 60.7 Å². The normalized spacial score (nSPS) is 10.2. The fourth-order valence-electron chi connectivity index (χ4n) is 2.92. The minimum absolute atomic E-state index is 0.299. The molecule has 0 aliphatic heterocycles. The van der Waals surface area contributed by atoms with Crippen molar-refractivity contribution in [1.29, 1.82) is 5.26 Å². The van der Waals surface area contributed by atoms with Crippen LogP contribution in [-0.2, 0) is 6.42 Å². The minimum atomic E-state index is -0.299. The summed E-state index contributed by atoms with van der Waals surface area (Å²) in [5.74, 6) is 0.249. The molecule has 3 rings (SSSR count). The van der Waals surface area contributed by atoms with Gasteiger partial charge >= 0.3 is 0 Å². The van der Waals surface area contributed by atoms with Crippen LogP contribution in [0.25, 0.3) is 11.1 Å². The number of halogens is 1. The van der Waals surface area contributed by atoms with E-state index in [1.807, 2.05) is 17.6 Å². The Hall–Kier alpha value is -3.36. The molecule has 0 aliphatic carbocycles. The van der Waals surface area contributed by atoms with Gasteiger partial charge in [0.1, 0.15) is 17.6 Å². The highest BCUT2D eigenvalue weighted by Gasteiger charge is 2.16. The molecule has 0 heterocycles. The summed E-state index contributed by atoms with van der Waals surface area (Å²) in [5.41, 5.74) is 5.77. The van der Waals surface area contributed by atoms with E-state index in [0.717, 1.165) is 11.1 Å². The molecule has 0 aliphatic rings. The molecule has 0 bridgehead atoms. The topological polar surface area (TPSA) is 68.1 Å². The molecule has 1 N–H and O–H groups in total. The molecule has 0 fully saturated rings. The molecule has 5 heteroatoms. The van der Waals surface area contributed by atoms with Crippen molar-refractivity contribution in [3.8, 4) is 22.9 Å². The van der Waals surface area contributed by atoms with Gasteiger partial charge in [0.25, 0.3) is 0 Å². The van der Waals surface area contributed by atoms with Gasteiger partial charge < -0.3 is 15.4 Å². The van der Waals surface area contributed by atoms with Crippen LogP contribution in [0.3, 0.4) is 0 Å². The lowest BCUT2D eigenvalue weighted by Crippen LogP contribution is -1.99. The number of nitriles is 1. The summed E-state index contributed by atoms with van der Waals surface area (Å²) < 4.78 is 18.6. The van der Waals surface area contributed by atoms with Gasteiger partial charge in [0.2, 0.25) is 0 Å². The second-order valence-corrected chi connectivity index (χ2v) is 5.77. The highest BCUT2D eigenvalue weighted by Crippen LogP contribution is 2.36. The number of rotatable bonds is 5. The molecule has 130 valence electrons. The molecule has 26 heavy (non-hydrogen) atoms. The molecule has 0 saturated heterocycles. The Kier molecular flexibility index (Phi) is 5.16. The predicted molar refractivity (Wildman–Crippen MR) is 99.3 cm³/mol. The Bertz CT molecular complexity index is 963. The molecule has 0 radical (unpaired) electrons. The van der Waals surface area contributed by atoms with Crippen LogP contribution < -0.4 is 10.2 Å². The van der Waals surface area contributed by atoms with Crippen LogP contribution >= 0.6 is 0 Å². The molecule has 0 atom stereocenters. The second-order valence-electron chi connectivity index (χ2n) is 5.77. The van der Waals surface area contributed by atoms with E-state index in [2.05, 4.69) is 6.07 Å². The molecular weight excluding hydrogens is 331 g/mol. The summed E-state index contributed by atoms with van der Waals surface area (Å²) >= 11 is 0. The van der Waals surface area contributed by atoms with Gasteiger partial charge in [-0.3, -0.25) is 0 Å². The Balaban J connectivity index is 2.13. The molecule has 0 amide bonds. The fraction of sp³-hybridized carbons (Fsp3) is 0.0952. The third-order valence-corrected chi connectivity index (χ3v) is 4.16. The zero-order chi connectivity index (χ0) is 18.5. The molecule has 3 aromatic rings. The first kappa shape index (κ1) is 17.5. The number of hydrogen-bond donors (Lipinski definition) is 1. The third kappa shape index (κ3) is 3.51. The van der Waals surface area contributed by atoms with Gasteiger partial charge in [0, 0.05) is 11.3 Å². The van der Waals surface area contributed by atoms with Crippen molar-refractivity contribution in [3.05, 3.63) is 88.4 Å². The van der Waals surface area contributed by atoms with Gasteiger partial charge in [-0.2, -0.15) is 5.26 Å². The van der Waals surface area contributed by atoms with Gasteiger partial charge in [-0.05, 0) is 53.4 Å². The van der Waals surface area contributed by atoms with Crippen molar-refractivity contribution >= 4 is 5.69 Å². The van der Waals surface area contributed by atoms with Crippen molar-refractivity contribution in [1.82, 2.24) is 0 Å². The maximum atomic E-state index is 13.1. The smallest absolute Gasteiger partial charge is 0.128 e. The van der Waals surface area contributed by atoms with Gasteiger partial charge in [0.05, 0.1) is 12.7 Å². The Labute approximate surface area is 151 Å². The summed E-state index contributed by atoms with van der Waals surface area (Å²) in [6.07, 6.45) is 0.486. The molecule has 3 aromatic carbocycles. The van der Waals surface area contributed by atoms with Crippen molar-refractivity contribution in [2.75, 3.05) is 12.6 Å². The maximum Gasteiger partial charge on any atom is 0.128 e. The maximum absolute atomic E-state index is 13.1. The number of ether oxygens (including phenoxy) is 1. The van der Waals surface area contributed by atoms with Crippen LogP contribution in [0.1, 0.15) is 16.7 Å². The molecule has 0 unspecified atom stereocenters. The summed E-state index contributed by atoms with van der Waals surface area (Å²) in [7, 11) is 1.54. The standard InChI is InChI=1S/C21H16FN2O2/c1-26-20-10-7-15(11-14-5-8-17(22)9-6-14)19(13-23)21(20)16-3-2-4-18(12-16)24-25/h2-10,12,24H,11H2,1H3/q-1. The number of nitrogens with zero attached hydrogens (tertiary/aromatic N) is 1. The van der Waals surface area contributed by atoms with Crippen LogP contribution in [0.2, 0.25) is 0 Å². The molecule has 0 spiro atoms. The van der Waals surface area contributed by atoms with E-state index >= 15 is 0 Å². The second kappa shape index (κ2) is 7.68. The molecular formula is C21H16FN2O2-.